The number of benzene rings is 3. The normalized spacial score (nSPS) is 10.8. The highest BCUT2D eigenvalue weighted by Gasteiger charge is 2.16. The van der Waals surface area contributed by atoms with E-state index >= 15 is 0 Å². The molecule has 1 aromatic heterocycles. The number of halogens is 2. The molecule has 0 bridgehead atoms. The fourth-order valence-electron chi connectivity index (χ4n) is 3.72. The number of rotatable bonds is 8. The molecule has 8 heteroatoms. The first kappa shape index (κ1) is 24.6. The minimum absolute atomic E-state index is 0.222. The highest BCUT2D eigenvalue weighted by atomic mass is 35.5. The second-order valence-electron chi connectivity index (χ2n) is 8.05. The van der Waals surface area contributed by atoms with Crippen molar-refractivity contribution in [1.82, 2.24) is 9.78 Å². The van der Waals surface area contributed by atoms with Crippen LogP contribution in [0.5, 0.6) is 11.5 Å². The maximum absolute atomic E-state index is 13.1. The number of aryl methyl sites for hydroxylation is 1. The SMILES string of the molecule is COc1cccc(Cn2nc(C)c(NC(=O)c3cccc(COc4cccc(Cl)c4Cl)c3)c2C)c1. The summed E-state index contributed by atoms with van der Waals surface area (Å²) in [6.45, 7) is 4.63. The molecule has 0 saturated heterocycles. The summed E-state index contributed by atoms with van der Waals surface area (Å²) in [6.07, 6.45) is 0. The van der Waals surface area contributed by atoms with E-state index in [-0.39, 0.29) is 12.5 Å². The third-order valence-electron chi connectivity index (χ3n) is 5.59. The molecule has 4 rings (SSSR count). The van der Waals surface area contributed by atoms with Crippen LogP contribution < -0.4 is 14.8 Å². The Morgan fingerprint density at radius 2 is 1.74 bits per heavy atom. The fourth-order valence-corrected chi connectivity index (χ4v) is 4.07. The van der Waals surface area contributed by atoms with Gasteiger partial charge >= 0.3 is 0 Å². The molecule has 6 nitrogen and oxygen atoms in total. The summed E-state index contributed by atoms with van der Waals surface area (Å²) in [4.78, 5) is 13.1. The molecule has 0 atom stereocenters. The number of ether oxygens (including phenoxy) is 2. The Labute approximate surface area is 214 Å². The van der Waals surface area contributed by atoms with Crippen LogP contribution in [0.1, 0.15) is 32.9 Å². The maximum Gasteiger partial charge on any atom is 0.255 e. The molecule has 0 spiro atoms. The van der Waals surface area contributed by atoms with Crippen LogP contribution in [0.15, 0.2) is 66.7 Å². The first-order valence-corrected chi connectivity index (χ1v) is 11.8. The zero-order valence-corrected chi connectivity index (χ0v) is 21.2. The minimum Gasteiger partial charge on any atom is -0.497 e. The number of carbonyl (C=O) groups is 1. The molecule has 4 aromatic rings. The Bertz CT molecular complexity index is 1370. The molecule has 0 radical (unpaired) electrons. The molecular formula is C27H25Cl2N3O3. The lowest BCUT2D eigenvalue weighted by Crippen LogP contribution is -2.14. The number of aromatic nitrogens is 2. The summed E-state index contributed by atoms with van der Waals surface area (Å²) in [5, 5.41) is 8.42. The van der Waals surface area contributed by atoms with Crippen LogP contribution in [-0.2, 0) is 13.2 Å². The summed E-state index contributed by atoms with van der Waals surface area (Å²) in [6, 6.07) is 20.3. The molecule has 1 amide bonds. The molecule has 0 unspecified atom stereocenters. The van der Waals surface area contributed by atoms with E-state index in [4.69, 9.17) is 32.7 Å². The van der Waals surface area contributed by atoms with Crippen molar-refractivity contribution in [3.8, 4) is 11.5 Å². The Morgan fingerprint density at radius 1 is 1.00 bits per heavy atom. The van der Waals surface area contributed by atoms with Crippen LogP contribution in [-0.4, -0.2) is 22.8 Å². The highest BCUT2D eigenvalue weighted by Crippen LogP contribution is 2.32. The second-order valence-corrected chi connectivity index (χ2v) is 8.84. The average Bonchev–Trinajstić information content (AvgIpc) is 3.12. The van der Waals surface area contributed by atoms with Crippen molar-refractivity contribution in [2.24, 2.45) is 0 Å². The lowest BCUT2D eigenvalue weighted by atomic mass is 10.1. The van der Waals surface area contributed by atoms with Gasteiger partial charge in [0.15, 0.2) is 0 Å². The molecule has 3 aromatic carbocycles. The van der Waals surface area contributed by atoms with Crippen molar-refractivity contribution in [2.45, 2.75) is 27.0 Å². The van der Waals surface area contributed by atoms with Gasteiger partial charge in [0, 0.05) is 5.56 Å². The molecule has 1 N–H and O–H groups in total. The molecule has 0 aliphatic rings. The predicted molar refractivity (Wildman–Crippen MR) is 139 cm³/mol. The van der Waals surface area contributed by atoms with Gasteiger partial charge in [-0.05, 0) is 61.4 Å². The molecule has 35 heavy (non-hydrogen) atoms. The Balaban J connectivity index is 1.46. The number of amides is 1. The van der Waals surface area contributed by atoms with Crippen molar-refractivity contribution in [3.63, 3.8) is 0 Å². The number of hydrogen-bond donors (Lipinski definition) is 1. The Hall–Kier alpha value is -3.48. The smallest absolute Gasteiger partial charge is 0.255 e. The second kappa shape index (κ2) is 10.8. The van der Waals surface area contributed by atoms with E-state index in [9.17, 15) is 4.79 Å². The third-order valence-corrected chi connectivity index (χ3v) is 6.39. The summed E-state index contributed by atoms with van der Waals surface area (Å²) in [7, 11) is 1.64. The number of nitrogens with one attached hydrogen (secondary N) is 1. The van der Waals surface area contributed by atoms with E-state index in [1.165, 1.54) is 0 Å². The standard InChI is InChI=1S/C27H25Cl2N3O3/c1-17-26(18(2)32(31-17)15-19-7-5-10-22(14-19)34-3)30-27(33)21-9-4-8-20(13-21)16-35-24-12-6-11-23(28)25(24)29/h4-14H,15-16H2,1-3H3,(H,30,33). The molecule has 0 fully saturated rings. The number of methoxy groups -OCH3 is 1. The Kier molecular flexibility index (Phi) is 7.63. The number of hydrogen-bond acceptors (Lipinski definition) is 4. The Morgan fingerprint density at radius 3 is 2.54 bits per heavy atom. The van der Waals surface area contributed by atoms with Crippen LogP contribution in [0.4, 0.5) is 5.69 Å². The number of nitrogens with zero attached hydrogens (tertiary/aromatic N) is 2. The zero-order chi connectivity index (χ0) is 24.9. The van der Waals surface area contributed by atoms with E-state index in [2.05, 4.69) is 10.4 Å². The largest absolute Gasteiger partial charge is 0.497 e. The van der Waals surface area contributed by atoms with E-state index in [0.29, 0.717) is 33.6 Å². The topological polar surface area (TPSA) is 65.4 Å². The molecule has 0 saturated carbocycles. The quantitative estimate of drug-likeness (QED) is 0.287. The van der Waals surface area contributed by atoms with E-state index < -0.39 is 0 Å². The van der Waals surface area contributed by atoms with Gasteiger partial charge in [0.2, 0.25) is 0 Å². The van der Waals surface area contributed by atoms with Gasteiger partial charge in [-0.15, -0.1) is 0 Å². The van der Waals surface area contributed by atoms with Crippen molar-refractivity contribution in [3.05, 3.63) is 105 Å². The van der Waals surface area contributed by atoms with E-state index in [1.807, 2.05) is 54.9 Å². The van der Waals surface area contributed by atoms with Crippen molar-refractivity contribution in [2.75, 3.05) is 12.4 Å². The van der Waals surface area contributed by atoms with Gasteiger partial charge in [-0.1, -0.05) is 53.5 Å². The van der Waals surface area contributed by atoms with Crippen molar-refractivity contribution in [1.29, 1.82) is 0 Å². The zero-order valence-electron chi connectivity index (χ0n) is 19.6. The van der Waals surface area contributed by atoms with Gasteiger partial charge in [-0.25, -0.2) is 0 Å². The molecule has 180 valence electrons. The van der Waals surface area contributed by atoms with E-state index in [1.54, 1.807) is 37.4 Å². The van der Waals surface area contributed by atoms with E-state index in [0.717, 1.165) is 28.3 Å². The molecule has 0 aliphatic heterocycles. The lowest BCUT2D eigenvalue weighted by molar-refractivity contribution is 0.102. The first-order chi connectivity index (χ1) is 16.9. The van der Waals surface area contributed by atoms with Crippen LogP contribution in [0.3, 0.4) is 0 Å². The van der Waals surface area contributed by atoms with Crippen LogP contribution >= 0.6 is 23.2 Å². The highest BCUT2D eigenvalue weighted by molar-refractivity contribution is 6.42. The average molecular weight is 510 g/mol. The number of carbonyl (C=O) groups excluding carboxylic acids is 1. The van der Waals surface area contributed by atoms with Gasteiger partial charge in [0.1, 0.15) is 23.1 Å². The molecule has 1 heterocycles. The van der Waals surface area contributed by atoms with Gasteiger partial charge < -0.3 is 14.8 Å². The van der Waals surface area contributed by atoms with Gasteiger partial charge in [0.25, 0.3) is 5.91 Å². The monoisotopic (exact) mass is 509 g/mol. The third kappa shape index (κ3) is 5.78. The molecular weight excluding hydrogens is 485 g/mol. The summed E-state index contributed by atoms with van der Waals surface area (Å²) in [5.74, 6) is 1.06. The first-order valence-electron chi connectivity index (χ1n) is 11.0. The summed E-state index contributed by atoms with van der Waals surface area (Å²) in [5.41, 5.74) is 4.71. The van der Waals surface area contributed by atoms with Gasteiger partial charge in [0.05, 0.1) is 35.8 Å². The van der Waals surface area contributed by atoms with Crippen LogP contribution in [0.25, 0.3) is 0 Å². The van der Waals surface area contributed by atoms with Crippen LogP contribution in [0, 0.1) is 13.8 Å². The molecule has 0 aliphatic carbocycles. The number of anilines is 1. The fraction of sp³-hybridized carbons (Fsp3) is 0.185. The minimum atomic E-state index is -0.222. The van der Waals surface area contributed by atoms with Crippen LogP contribution in [0.2, 0.25) is 10.0 Å². The predicted octanol–water partition coefficient (Wildman–Crippen LogP) is 6.69. The van der Waals surface area contributed by atoms with Gasteiger partial charge in [-0.3, -0.25) is 9.48 Å². The van der Waals surface area contributed by atoms with Crippen molar-refractivity contribution < 1.29 is 14.3 Å². The van der Waals surface area contributed by atoms with Gasteiger partial charge in [-0.2, -0.15) is 5.10 Å². The maximum atomic E-state index is 13.1. The summed E-state index contributed by atoms with van der Waals surface area (Å²) < 4.78 is 13.0. The lowest BCUT2D eigenvalue weighted by Gasteiger charge is -2.11. The summed E-state index contributed by atoms with van der Waals surface area (Å²) >= 11 is 12.2. The van der Waals surface area contributed by atoms with Crippen molar-refractivity contribution >= 4 is 34.8 Å².